The second-order valence-corrected chi connectivity index (χ2v) is 7.81. The minimum absolute atomic E-state index is 0.0385. The zero-order chi connectivity index (χ0) is 18.6. The average molecular weight is 331 g/mol. The first-order valence-corrected chi connectivity index (χ1v) is 7.62. The Morgan fingerprint density at radius 3 is 1.48 bits per heavy atom. The van der Waals surface area contributed by atoms with Crippen molar-refractivity contribution in [1.82, 2.24) is 4.90 Å². The van der Waals surface area contributed by atoms with Gasteiger partial charge < -0.3 is 14.6 Å². The smallest absolute Gasteiger partial charge is 0.420 e. The average Bonchev–Trinajstić information content (AvgIpc) is 2.21. The Balaban J connectivity index is 5.62. The van der Waals surface area contributed by atoms with Gasteiger partial charge in [-0.1, -0.05) is 13.8 Å². The molecule has 0 aromatic heterocycles. The van der Waals surface area contributed by atoms with E-state index < -0.39 is 35.4 Å². The predicted molar refractivity (Wildman–Crippen MR) is 85.2 cm³/mol. The number of carboxylic acids is 1. The highest BCUT2D eigenvalue weighted by Gasteiger charge is 2.40. The second-order valence-electron chi connectivity index (χ2n) is 7.81. The van der Waals surface area contributed by atoms with Gasteiger partial charge in [-0.2, -0.15) is 4.90 Å². The number of carboxylic acid groups (broad SMARTS) is 1. The number of ether oxygens (including phenoxy) is 2. The summed E-state index contributed by atoms with van der Waals surface area (Å²) in [6.07, 6.45) is -1.95. The van der Waals surface area contributed by atoms with Crippen LogP contribution in [0.4, 0.5) is 9.59 Å². The maximum absolute atomic E-state index is 12.4. The lowest BCUT2D eigenvalue weighted by Crippen LogP contribution is -2.52. The third-order valence-electron chi connectivity index (χ3n) is 2.47. The van der Waals surface area contributed by atoms with Gasteiger partial charge in [0.05, 0.1) is 0 Å². The minimum Gasteiger partial charge on any atom is -0.480 e. The molecule has 0 aliphatic carbocycles. The van der Waals surface area contributed by atoms with E-state index in [1.807, 2.05) is 0 Å². The molecule has 1 N–H and O–H groups in total. The van der Waals surface area contributed by atoms with E-state index in [9.17, 15) is 19.5 Å². The normalized spacial score (nSPS) is 13.4. The Morgan fingerprint density at radius 2 is 1.26 bits per heavy atom. The van der Waals surface area contributed by atoms with Crippen LogP contribution in [0, 0.1) is 5.92 Å². The molecule has 7 nitrogen and oxygen atoms in total. The Hall–Kier alpha value is -1.79. The number of carbonyl (C=O) groups excluding carboxylic acids is 2. The van der Waals surface area contributed by atoms with Crippen LogP contribution in [0.2, 0.25) is 0 Å². The van der Waals surface area contributed by atoms with Crippen LogP contribution in [0.25, 0.3) is 0 Å². The number of aliphatic carboxylic acids is 1. The molecule has 1 atom stereocenters. The highest BCUT2D eigenvalue weighted by atomic mass is 16.6. The highest BCUT2D eigenvalue weighted by Crippen LogP contribution is 2.20. The van der Waals surface area contributed by atoms with Crippen LogP contribution in [0.5, 0.6) is 0 Å². The molecule has 0 radical (unpaired) electrons. The van der Waals surface area contributed by atoms with Gasteiger partial charge in [-0.3, -0.25) is 0 Å². The number of amides is 2. The van der Waals surface area contributed by atoms with Crippen molar-refractivity contribution in [1.29, 1.82) is 0 Å². The summed E-state index contributed by atoms with van der Waals surface area (Å²) in [5, 5.41) is 9.43. The number of hydrogen-bond acceptors (Lipinski definition) is 5. The molecule has 0 fully saturated rings. The minimum atomic E-state index is -1.35. The van der Waals surface area contributed by atoms with E-state index >= 15 is 0 Å². The van der Waals surface area contributed by atoms with Crippen molar-refractivity contribution in [2.45, 2.75) is 79.1 Å². The summed E-state index contributed by atoms with van der Waals surface area (Å²) < 4.78 is 10.3. The van der Waals surface area contributed by atoms with E-state index in [1.54, 1.807) is 55.4 Å². The summed E-state index contributed by atoms with van der Waals surface area (Å²) in [5.74, 6) is -1.32. The lowest BCUT2D eigenvalue weighted by molar-refractivity contribution is -0.143. The van der Waals surface area contributed by atoms with Crippen LogP contribution in [-0.4, -0.2) is 45.4 Å². The van der Waals surface area contributed by atoms with Crippen LogP contribution in [0.1, 0.15) is 61.8 Å². The van der Waals surface area contributed by atoms with Crippen molar-refractivity contribution in [3.05, 3.63) is 0 Å². The number of rotatable bonds is 4. The third-order valence-corrected chi connectivity index (χ3v) is 2.47. The summed E-state index contributed by atoms with van der Waals surface area (Å²) in [6.45, 7) is 13.4. The standard InChI is InChI=1S/C16H29NO6/c1-10(2)9-11(12(18)19)17(13(20)22-15(3,4)5)14(21)23-16(6,7)8/h10-11H,9H2,1-8H3,(H,18,19). The maximum atomic E-state index is 12.4. The Bertz CT molecular complexity index is 416. The monoisotopic (exact) mass is 331 g/mol. The fourth-order valence-electron chi connectivity index (χ4n) is 1.71. The number of nitrogens with zero attached hydrogens (tertiary/aromatic N) is 1. The Labute approximate surface area is 137 Å². The second kappa shape index (κ2) is 7.66. The first kappa shape index (κ1) is 21.2. The van der Waals surface area contributed by atoms with Gasteiger partial charge in [0.15, 0.2) is 0 Å². The van der Waals surface area contributed by atoms with E-state index in [4.69, 9.17) is 9.47 Å². The summed E-state index contributed by atoms with van der Waals surface area (Å²) in [6, 6.07) is -1.35. The largest absolute Gasteiger partial charge is 0.480 e. The zero-order valence-electron chi connectivity index (χ0n) is 15.3. The van der Waals surface area contributed by atoms with Crippen LogP contribution in [0.15, 0.2) is 0 Å². The molecule has 23 heavy (non-hydrogen) atoms. The van der Waals surface area contributed by atoms with E-state index in [0.29, 0.717) is 4.90 Å². The van der Waals surface area contributed by atoms with Gasteiger partial charge in [0.25, 0.3) is 0 Å². The van der Waals surface area contributed by atoms with Gasteiger partial charge in [0.1, 0.15) is 17.2 Å². The fraction of sp³-hybridized carbons (Fsp3) is 0.812. The lowest BCUT2D eigenvalue weighted by atomic mass is 10.0. The molecule has 0 heterocycles. The Kier molecular flexibility index (Phi) is 7.06. The number of carbonyl (C=O) groups is 3. The highest BCUT2D eigenvalue weighted by molar-refractivity contribution is 5.93. The van der Waals surface area contributed by atoms with Gasteiger partial charge in [-0.05, 0) is 53.9 Å². The van der Waals surface area contributed by atoms with Gasteiger partial charge in [-0.25, -0.2) is 14.4 Å². The summed E-state index contributed by atoms with van der Waals surface area (Å²) >= 11 is 0. The molecule has 0 saturated carbocycles. The first-order valence-electron chi connectivity index (χ1n) is 7.62. The van der Waals surface area contributed by atoms with Gasteiger partial charge in [0.2, 0.25) is 0 Å². The zero-order valence-corrected chi connectivity index (χ0v) is 15.3. The molecule has 0 spiro atoms. The lowest BCUT2D eigenvalue weighted by Gasteiger charge is -2.32. The van der Waals surface area contributed by atoms with E-state index in [-0.39, 0.29) is 12.3 Å². The van der Waals surface area contributed by atoms with Crippen molar-refractivity contribution < 1.29 is 29.0 Å². The molecule has 0 aromatic carbocycles. The fourth-order valence-corrected chi connectivity index (χ4v) is 1.71. The molecule has 0 aliphatic heterocycles. The predicted octanol–water partition coefficient (Wildman–Crippen LogP) is 3.66. The quantitative estimate of drug-likeness (QED) is 0.845. The van der Waals surface area contributed by atoms with E-state index in [1.165, 1.54) is 0 Å². The maximum Gasteiger partial charge on any atom is 0.420 e. The van der Waals surface area contributed by atoms with Gasteiger partial charge >= 0.3 is 18.2 Å². The van der Waals surface area contributed by atoms with Crippen molar-refractivity contribution >= 4 is 18.2 Å². The van der Waals surface area contributed by atoms with Crippen molar-refractivity contribution in [3.63, 3.8) is 0 Å². The molecular weight excluding hydrogens is 302 g/mol. The van der Waals surface area contributed by atoms with Crippen LogP contribution < -0.4 is 0 Å². The van der Waals surface area contributed by atoms with E-state index in [0.717, 1.165) is 0 Å². The van der Waals surface area contributed by atoms with E-state index in [2.05, 4.69) is 0 Å². The molecule has 0 saturated heterocycles. The SMILES string of the molecule is CC(C)CC(C(=O)O)N(C(=O)OC(C)(C)C)C(=O)OC(C)(C)C. The van der Waals surface area contributed by atoms with Crippen LogP contribution >= 0.6 is 0 Å². The van der Waals surface area contributed by atoms with Gasteiger partial charge in [0, 0.05) is 0 Å². The molecule has 0 aromatic rings. The molecule has 7 heteroatoms. The topological polar surface area (TPSA) is 93.1 Å². The van der Waals surface area contributed by atoms with Crippen LogP contribution in [0.3, 0.4) is 0 Å². The molecule has 0 rings (SSSR count). The molecule has 1 unspecified atom stereocenters. The third kappa shape index (κ3) is 8.42. The summed E-state index contributed by atoms with van der Waals surface area (Å²) in [5.41, 5.74) is -1.73. The number of imide groups is 1. The molecule has 2 amide bonds. The van der Waals surface area contributed by atoms with Crippen molar-refractivity contribution in [2.24, 2.45) is 5.92 Å². The first-order chi connectivity index (χ1) is 10.1. The molecule has 0 aliphatic rings. The summed E-state index contributed by atoms with van der Waals surface area (Å²) in [7, 11) is 0. The molecule has 0 bridgehead atoms. The number of hydrogen-bond donors (Lipinski definition) is 1. The van der Waals surface area contributed by atoms with Crippen molar-refractivity contribution in [2.75, 3.05) is 0 Å². The van der Waals surface area contributed by atoms with Crippen LogP contribution in [-0.2, 0) is 14.3 Å². The Morgan fingerprint density at radius 1 is 0.913 bits per heavy atom. The molecular formula is C16H29NO6. The van der Waals surface area contributed by atoms with Gasteiger partial charge in [-0.15, -0.1) is 0 Å². The summed E-state index contributed by atoms with van der Waals surface area (Å²) in [4.78, 5) is 36.8. The molecule has 134 valence electrons. The van der Waals surface area contributed by atoms with Crippen molar-refractivity contribution in [3.8, 4) is 0 Å².